The van der Waals surface area contributed by atoms with Crippen LogP contribution in [0.1, 0.15) is 10.3 Å². The van der Waals surface area contributed by atoms with Crippen LogP contribution in [0.25, 0.3) is 0 Å². The number of hydrogen-bond acceptors (Lipinski definition) is 4. The summed E-state index contributed by atoms with van der Waals surface area (Å²) in [5.74, 6) is -0.160. The number of halogens is 2. The number of carboxylic acids is 1. The van der Waals surface area contributed by atoms with Crippen LogP contribution < -0.4 is 5.32 Å². The van der Waals surface area contributed by atoms with E-state index in [9.17, 15) is 4.79 Å². The van der Waals surface area contributed by atoms with Gasteiger partial charge in [-0.1, -0.05) is 0 Å². The van der Waals surface area contributed by atoms with Crippen molar-refractivity contribution in [1.29, 1.82) is 0 Å². The Hall–Kier alpha value is 0.440. The van der Waals surface area contributed by atoms with Gasteiger partial charge in [-0.25, -0.2) is 0 Å². The first-order valence-corrected chi connectivity index (χ1v) is 7.58. The first-order chi connectivity index (χ1) is 7.08. The highest BCUT2D eigenvalue weighted by atomic mass is 79.9. The summed E-state index contributed by atoms with van der Waals surface area (Å²) in [5.41, 5.74) is 0. The van der Waals surface area contributed by atoms with Crippen molar-refractivity contribution in [2.75, 3.05) is 5.75 Å². The Kier molecular flexibility index (Phi) is 3.77. The first kappa shape index (κ1) is 11.9. The summed E-state index contributed by atoms with van der Waals surface area (Å²) >= 11 is 10.1. The van der Waals surface area contributed by atoms with Crippen LogP contribution in [0, 0.1) is 0 Å². The predicted octanol–water partition coefficient (Wildman–Crippen LogP) is 3.06. The lowest BCUT2D eigenvalue weighted by molar-refractivity contribution is -0.138. The van der Waals surface area contributed by atoms with Crippen LogP contribution in [0.15, 0.2) is 14.3 Å². The molecule has 82 valence electrons. The summed E-state index contributed by atoms with van der Waals surface area (Å²) < 4.78 is 2.06. The number of aliphatic carboxylic acids is 1. The number of thiophene rings is 1. The lowest BCUT2D eigenvalue weighted by Gasteiger charge is -2.07. The van der Waals surface area contributed by atoms with Gasteiger partial charge in [0.25, 0.3) is 0 Å². The Balaban J connectivity index is 2.11. The number of carbonyl (C=O) groups is 1. The number of nitrogens with one attached hydrogen (secondary N) is 1. The van der Waals surface area contributed by atoms with Gasteiger partial charge in [-0.15, -0.1) is 23.1 Å². The largest absolute Gasteiger partial charge is 0.480 e. The summed E-state index contributed by atoms with van der Waals surface area (Å²) in [6, 6.07) is 1.59. The second kappa shape index (κ2) is 4.75. The third kappa shape index (κ3) is 2.58. The maximum absolute atomic E-state index is 10.8. The molecule has 1 aliphatic rings. The monoisotopic (exact) mass is 371 g/mol. The molecule has 2 N–H and O–H groups in total. The standard InChI is InChI=1S/C8H7Br2NO2S2/c9-3-1-5(15-6(3)10)7-11-4(2-14-7)8(12)13/h1,4,7,11H,2H2,(H,12,13)/t4-,7?/m1/s1. The van der Waals surface area contributed by atoms with Crippen molar-refractivity contribution >= 4 is 60.9 Å². The minimum Gasteiger partial charge on any atom is -0.480 e. The van der Waals surface area contributed by atoms with Gasteiger partial charge in [0.05, 0.1) is 9.16 Å². The molecule has 0 aromatic carbocycles. The predicted molar refractivity (Wildman–Crippen MR) is 69.5 cm³/mol. The Morgan fingerprint density at radius 1 is 1.60 bits per heavy atom. The van der Waals surface area contributed by atoms with Gasteiger partial charge in [0.15, 0.2) is 0 Å². The fourth-order valence-corrected chi connectivity index (χ4v) is 4.77. The average Bonchev–Trinajstić information content (AvgIpc) is 2.74. The van der Waals surface area contributed by atoms with Crippen molar-refractivity contribution in [1.82, 2.24) is 5.32 Å². The molecule has 0 bridgehead atoms. The summed E-state index contributed by atoms with van der Waals surface area (Å²) in [6.45, 7) is 0. The Morgan fingerprint density at radius 2 is 2.33 bits per heavy atom. The maximum Gasteiger partial charge on any atom is 0.321 e. The molecule has 15 heavy (non-hydrogen) atoms. The van der Waals surface area contributed by atoms with Crippen LogP contribution in [0.2, 0.25) is 0 Å². The van der Waals surface area contributed by atoms with Crippen LogP contribution in [0.5, 0.6) is 0 Å². The summed E-state index contributed by atoms with van der Waals surface area (Å²) in [5, 5.41) is 12.0. The van der Waals surface area contributed by atoms with E-state index in [1.807, 2.05) is 6.07 Å². The summed E-state index contributed by atoms with van der Waals surface area (Å²) in [6.07, 6.45) is 0. The molecule has 0 spiro atoms. The highest BCUT2D eigenvalue weighted by Gasteiger charge is 2.31. The van der Waals surface area contributed by atoms with E-state index < -0.39 is 12.0 Å². The van der Waals surface area contributed by atoms with Gasteiger partial charge in [0, 0.05) is 15.1 Å². The third-order valence-corrected chi connectivity index (χ3v) is 6.72. The SMILES string of the molecule is O=C(O)[C@H]1CSC(c2cc(Br)c(Br)s2)N1. The number of thioether (sulfide) groups is 1. The fourth-order valence-electron chi connectivity index (χ4n) is 1.27. The molecular weight excluding hydrogens is 366 g/mol. The topological polar surface area (TPSA) is 49.3 Å². The molecule has 0 saturated carbocycles. The van der Waals surface area contributed by atoms with E-state index in [-0.39, 0.29) is 5.37 Å². The van der Waals surface area contributed by atoms with Crippen LogP contribution in [0.4, 0.5) is 0 Å². The van der Waals surface area contributed by atoms with Gasteiger partial charge in [-0.3, -0.25) is 10.1 Å². The van der Waals surface area contributed by atoms with Crippen LogP contribution in [-0.2, 0) is 4.79 Å². The van der Waals surface area contributed by atoms with Crippen molar-refractivity contribution in [3.63, 3.8) is 0 Å². The molecule has 1 saturated heterocycles. The third-order valence-electron chi connectivity index (χ3n) is 2.00. The zero-order valence-corrected chi connectivity index (χ0v) is 12.2. The molecule has 0 amide bonds. The molecule has 7 heteroatoms. The van der Waals surface area contributed by atoms with Gasteiger partial charge in [-0.2, -0.15) is 0 Å². The normalized spacial score (nSPS) is 25.7. The molecule has 2 heterocycles. The lowest BCUT2D eigenvalue weighted by atomic mass is 10.3. The second-order valence-electron chi connectivity index (χ2n) is 3.04. The van der Waals surface area contributed by atoms with Crippen molar-refractivity contribution in [2.45, 2.75) is 11.4 Å². The molecule has 0 aliphatic carbocycles. The molecule has 1 aromatic heterocycles. The van der Waals surface area contributed by atoms with E-state index in [1.54, 1.807) is 23.1 Å². The number of hydrogen-bond donors (Lipinski definition) is 2. The quantitative estimate of drug-likeness (QED) is 0.837. The molecule has 1 fully saturated rings. The maximum atomic E-state index is 10.8. The van der Waals surface area contributed by atoms with E-state index in [4.69, 9.17) is 5.11 Å². The minimum atomic E-state index is -0.778. The Bertz CT molecular complexity index is 376. The lowest BCUT2D eigenvalue weighted by Crippen LogP contribution is -2.33. The summed E-state index contributed by atoms with van der Waals surface area (Å²) in [7, 11) is 0. The molecule has 2 rings (SSSR count). The molecule has 1 unspecified atom stereocenters. The highest BCUT2D eigenvalue weighted by molar-refractivity contribution is 9.13. The van der Waals surface area contributed by atoms with Crippen molar-refractivity contribution in [3.8, 4) is 0 Å². The van der Waals surface area contributed by atoms with Crippen LogP contribution in [0.3, 0.4) is 0 Å². The molecule has 0 radical (unpaired) electrons. The van der Waals surface area contributed by atoms with Gasteiger partial charge < -0.3 is 5.11 Å². The van der Waals surface area contributed by atoms with E-state index in [0.717, 1.165) is 13.1 Å². The summed E-state index contributed by atoms with van der Waals surface area (Å²) in [4.78, 5) is 11.9. The Morgan fingerprint density at radius 3 is 2.80 bits per heavy atom. The minimum absolute atomic E-state index is 0.0960. The highest BCUT2D eigenvalue weighted by Crippen LogP contribution is 2.41. The van der Waals surface area contributed by atoms with E-state index in [1.165, 1.54) is 0 Å². The van der Waals surface area contributed by atoms with E-state index >= 15 is 0 Å². The average molecular weight is 373 g/mol. The molecule has 1 aromatic rings. The van der Waals surface area contributed by atoms with Crippen molar-refractivity contribution < 1.29 is 9.90 Å². The molecule has 1 aliphatic heterocycles. The van der Waals surface area contributed by atoms with Crippen molar-refractivity contribution in [3.05, 3.63) is 19.2 Å². The first-order valence-electron chi connectivity index (χ1n) is 4.13. The molecular formula is C8H7Br2NO2S2. The van der Waals surface area contributed by atoms with Gasteiger partial charge in [-0.05, 0) is 37.9 Å². The zero-order chi connectivity index (χ0) is 11.0. The molecule has 3 nitrogen and oxygen atoms in total. The van der Waals surface area contributed by atoms with E-state index in [0.29, 0.717) is 5.75 Å². The van der Waals surface area contributed by atoms with Gasteiger partial charge in [0.2, 0.25) is 0 Å². The van der Waals surface area contributed by atoms with Gasteiger partial charge in [0.1, 0.15) is 6.04 Å². The number of carboxylic acid groups (broad SMARTS) is 1. The molecule has 2 atom stereocenters. The Labute approximate surface area is 112 Å². The second-order valence-corrected chi connectivity index (χ2v) is 7.44. The number of rotatable bonds is 2. The van der Waals surface area contributed by atoms with Crippen LogP contribution >= 0.6 is 55.0 Å². The van der Waals surface area contributed by atoms with Crippen LogP contribution in [-0.4, -0.2) is 22.9 Å². The van der Waals surface area contributed by atoms with E-state index in [2.05, 4.69) is 37.2 Å². The van der Waals surface area contributed by atoms with Crippen molar-refractivity contribution in [2.24, 2.45) is 0 Å². The smallest absolute Gasteiger partial charge is 0.321 e. The zero-order valence-electron chi connectivity index (χ0n) is 7.37. The fraction of sp³-hybridized carbons (Fsp3) is 0.375. The van der Waals surface area contributed by atoms with Gasteiger partial charge >= 0.3 is 5.97 Å².